The first-order valence-electron chi connectivity index (χ1n) is 12.7. The standard InChI is InChI=1S/C30H25ClF4N4O2/c1-14-12-36-23(17-6-5-7-18(26(17)33)29(40)38(3)4)11-24(14)39-15(2)8-21(25(31)30(39)41)19-10-20(19)22-9-16(32)13-37-27(22)28(34)35/h5-9,11-13,19-20,28H,10H2,1-4H3/t19-,20-/m0/s1. The molecule has 4 aromatic rings. The zero-order chi connectivity index (χ0) is 29.7. The fourth-order valence-electron chi connectivity index (χ4n) is 5.17. The molecule has 6 nitrogen and oxygen atoms in total. The van der Waals surface area contributed by atoms with Crippen LogP contribution in [0.15, 0.2) is 53.6 Å². The molecule has 11 heteroatoms. The van der Waals surface area contributed by atoms with Gasteiger partial charge in [-0.3, -0.25) is 24.1 Å². The van der Waals surface area contributed by atoms with Crippen molar-refractivity contribution in [3.05, 3.63) is 109 Å². The van der Waals surface area contributed by atoms with Gasteiger partial charge in [-0.25, -0.2) is 17.6 Å². The van der Waals surface area contributed by atoms with Crippen molar-refractivity contribution in [2.75, 3.05) is 14.1 Å². The van der Waals surface area contributed by atoms with Crippen LogP contribution in [-0.4, -0.2) is 39.4 Å². The average Bonchev–Trinajstić information content (AvgIpc) is 3.72. The van der Waals surface area contributed by atoms with E-state index < -0.39 is 41.1 Å². The largest absolute Gasteiger partial charge is 0.345 e. The van der Waals surface area contributed by atoms with Crippen molar-refractivity contribution in [2.24, 2.45) is 0 Å². The lowest BCUT2D eigenvalue weighted by Crippen LogP contribution is -2.23. The van der Waals surface area contributed by atoms with Crippen LogP contribution in [0.3, 0.4) is 0 Å². The molecule has 0 saturated heterocycles. The van der Waals surface area contributed by atoms with Crippen molar-refractivity contribution in [1.82, 2.24) is 19.4 Å². The number of rotatable bonds is 6. The van der Waals surface area contributed by atoms with Gasteiger partial charge in [0.15, 0.2) is 0 Å². The molecule has 41 heavy (non-hydrogen) atoms. The maximum atomic E-state index is 15.4. The van der Waals surface area contributed by atoms with Crippen LogP contribution in [0.2, 0.25) is 5.02 Å². The summed E-state index contributed by atoms with van der Waals surface area (Å²) in [6, 6.07) is 8.76. The number of benzene rings is 1. The molecule has 0 N–H and O–H groups in total. The van der Waals surface area contributed by atoms with Gasteiger partial charge in [0, 0.05) is 31.5 Å². The summed E-state index contributed by atoms with van der Waals surface area (Å²) in [5, 5.41) is -0.0893. The Hall–Kier alpha value is -4.05. The molecule has 3 aromatic heterocycles. The van der Waals surface area contributed by atoms with E-state index >= 15 is 4.39 Å². The lowest BCUT2D eigenvalue weighted by molar-refractivity contribution is 0.0823. The highest BCUT2D eigenvalue weighted by Gasteiger charge is 2.44. The van der Waals surface area contributed by atoms with Gasteiger partial charge in [-0.05, 0) is 79.1 Å². The average molecular weight is 585 g/mol. The van der Waals surface area contributed by atoms with Gasteiger partial charge in [-0.1, -0.05) is 17.7 Å². The summed E-state index contributed by atoms with van der Waals surface area (Å²) in [7, 11) is 3.05. The van der Waals surface area contributed by atoms with Crippen LogP contribution in [0.1, 0.15) is 63.1 Å². The van der Waals surface area contributed by atoms with Crippen LogP contribution >= 0.6 is 11.6 Å². The van der Waals surface area contributed by atoms with E-state index in [2.05, 4.69) is 9.97 Å². The van der Waals surface area contributed by atoms with Crippen molar-refractivity contribution >= 4 is 17.5 Å². The highest BCUT2D eigenvalue weighted by molar-refractivity contribution is 6.31. The van der Waals surface area contributed by atoms with Gasteiger partial charge in [-0.2, -0.15) is 0 Å². The second kappa shape index (κ2) is 10.7. The smallest absolute Gasteiger partial charge is 0.280 e. The van der Waals surface area contributed by atoms with Crippen LogP contribution in [0.25, 0.3) is 16.9 Å². The Morgan fingerprint density at radius 3 is 2.44 bits per heavy atom. The van der Waals surface area contributed by atoms with E-state index in [0.29, 0.717) is 28.9 Å². The molecule has 2 atom stereocenters. The molecular weight excluding hydrogens is 560 g/mol. The van der Waals surface area contributed by atoms with Crippen molar-refractivity contribution in [2.45, 2.75) is 38.5 Å². The van der Waals surface area contributed by atoms with E-state index in [4.69, 9.17) is 11.6 Å². The summed E-state index contributed by atoms with van der Waals surface area (Å²) >= 11 is 6.57. The molecule has 212 valence electrons. The Kier molecular flexibility index (Phi) is 7.46. The number of halogens is 5. The zero-order valence-corrected chi connectivity index (χ0v) is 23.3. The number of amides is 1. The molecule has 0 unspecified atom stereocenters. The van der Waals surface area contributed by atoms with Crippen LogP contribution < -0.4 is 5.56 Å². The molecule has 1 fully saturated rings. The summed E-state index contributed by atoms with van der Waals surface area (Å²) in [5.41, 5.74) is 1.28. The molecular formula is C30H25ClF4N4O2. The van der Waals surface area contributed by atoms with Crippen molar-refractivity contribution in [3.63, 3.8) is 0 Å². The van der Waals surface area contributed by atoms with Gasteiger partial charge in [0.05, 0.1) is 23.1 Å². The van der Waals surface area contributed by atoms with E-state index in [1.165, 1.54) is 41.9 Å². The van der Waals surface area contributed by atoms with Crippen LogP contribution in [-0.2, 0) is 0 Å². The molecule has 0 radical (unpaired) electrons. The topological polar surface area (TPSA) is 68.1 Å². The van der Waals surface area contributed by atoms with E-state index in [1.54, 1.807) is 32.0 Å². The van der Waals surface area contributed by atoms with Gasteiger partial charge in [-0.15, -0.1) is 0 Å². The number of hydrogen-bond acceptors (Lipinski definition) is 4. The molecule has 1 aliphatic rings. The molecule has 0 bridgehead atoms. The number of pyridine rings is 3. The summed E-state index contributed by atoms with van der Waals surface area (Å²) < 4.78 is 57.7. The fourth-order valence-corrected chi connectivity index (χ4v) is 5.45. The van der Waals surface area contributed by atoms with Crippen molar-refractivity contribution < 1.29 is 22.4 Å². The predicted molar refractivity (Wildman–Crippen MR) is 147 cm³/mol. The Morgan fingerprint density at radius 2 is 1.76 bits per heavy atom. The maximum Gasteiger partial charge on any atom is 0.280 e. The van der Waals surface area contributed by atoms with E-state index in [1.807, 2.05) is 0 Å². The number of carbonyl (C=O) groups excluding carboxylic acids is 1. The highest BCUT2D eigenvalue weighted by Crippen LogP contribution is 2.57. The lowest BCUT2D eigenvalue weighted by Gasteiger charge is -2.17. The Morgan fingerprint density at radius 1 is 1.05 bits per heavy atom. The lowest BCUT2D eigenvalue weighted by atomic mass is 10.0. The molecule has 0 aliphatic heterocycles. The monoisotopic (exact) mass is 584 g/mol. The molecule has 5 rings (SSSR count). The van der Waals surface area contributed by atoms with Gasteiger partial charge >= 0.3 is 0 Å². The summed E-state index contributed by atoms with van der Waals surface area (Å²) in [6.07, 6.45) is -0.202. The van der Waals surface area contributed by atoms with Crippen LogP contribution in [0, 0.1) is 25.5 Å². The minimum Gasteiger partial charge on any atom is -0.345 e. The SMILES string of the molecule is Cc1cnc(-c2cccc(C(=O)N(C)C)c2F)cc1-n1c(C)cc([C@H]2C[C@@H]2c2cc(F)cnc2C(F)F)c(Cl)c1=O. The van der Waals surface area contributed by atoms with E-state index in [9.17, 15) is 22.8 Å². The third kappa shape index (κ3) is 5.12. The third-order valence-electron chi connectivity index (χ3n) is 7.30. The maximum absolute atomic E-state index is 15.4. The number of aromatic nitrogens is 3. The normalized spacial score (nSPS) is 16.2. The van der Waals surface area contributed by atoms with Crippen LogP contribution in [0.5, 0.6) is 0 Å². The van der Waals surface area contributed by atoms with Gasteiger partial charge in [0.2, 0.25) is 0 Å². The zero-order valence-electron chi connectivity index (χ0n) is 22.6. The number of aryl methyl sites for hydroxylation is 2. The first-order valence-corrected chi connectivity index (χ1v) is 13.1. The predicted octanol–water partition coefficient (Wildman–Crippen LogP) is 6.75. The van der Waals surface area contributed by atoms with Crippen molar-refractivity contribution in [1.29, 1.82) is 0 Å². The van der Waals surface area contributed by atoms with E-state index in [0.717, 1.165) is 12.3 Å². The Bertz CT molecular complexity index is 1760. The van der Waals surface area contributed by atoms with Gasteiger partial charge in [0.1, 0.15) is 22.4 Å². The minimum absolute atomic E-state index is 0.0893. The molecule has 0 spiro atoms. The van der Waals surface area contributed by atoms with Gasteiger partial charge in [0.25, 0.3) is 17.9 Å². The third-order valence-corrected chi connectivity index (χ3v) is 7.68. The molecule has 1 amide bonds. The minimum atomic E-state index is -2.87. The fraction of sp³-hybridized carbons (Fsp3) is 0.267. The number of alkyl halides is 2. The summed E-state index contributed by atoms with van der Waals surface area (Å²) in [6.45, 7) is 3.44. The van der Waals surface area contributed by atoms with Crippen molar-refractivity contribution in [3.8, 4) is 16.9 Å². The van der Waals surface area contributed by atoms with Crippen LogP contribution in [0.4, 0.5) is 17.6 Å². The van der Waals surface area contributed by atoms with Gasteiger partial charge < -0.3 is 4.90 Å². The quantitative estimate of drug-likeness (QED) is 0.235. The first kappa shape index (κ1) is 28.5. The number of carbonyl (C=O) groups is 1. The number of nitrogens with zero attached hydrogens (tertiary/aromatic N) is 4. The Balaban J connectivity index is 1.55. The second-order valence-electron chi connectivity index (χ2n) is 10.3. The molecule has 1 aromatic carbocycles. The summed E-state index contributed by atoms with van der Waals surface area (Å²) in [4.78, 5) is 35.2. The Labute approximate surface area is 238 Å². The molecule has 1 saturated carbocycles. The molecule has 1 aliphatic carbocycles. The highest BCUT2D eigenvalue weighted by atomic mass is 35.5. The second-order valence-corrected chi connectivity index (χ2v) is 10.7. The number of hydrogen-bond donors (Lipinski definition) is 0. The van der Waals surface area contributed by atoms with E-state index in [-0.39, 0.29) is 33.3 Å². The first-order chi connectivity index (χ1) is 19.4. The summed E-state index contributed by atoms with van der Waals surface area (Å²) in [5.74, 6) is -2.77. The molecule has 3 heterocycles.